The summed E-state index contributed by atoms with van der Waals surface area (Å²) in [5.74, 6) is 0.543. The molecule has 4 heterocycles. The lowest BCUT2D eigenvalue weighted by molar-refractivity contribution is -0.336. The lowest BCUT2D eigenvalue weighted by Crippen LogP contribution is -2.62. The fourth-order valence-electron chi connectivity index (χ4n) is 19.4. The summed E-state index contributed by atoms with van der Waals surface area (Å²) < 4.78 is 42.2. The van der Waals surface area contributed by atoms with Crippen molar-refractivity contribution in [2.45, 2.75) is 249 Å². The molecule has 8 aliphatic carbocycles. The molecule has 12 rings (SSSR count). The molecule has 446 valence electrons. The highest BCUT2D eigenvalue weighted by Crippen LogP contribution is 2.71. The van der Waals surface area contributed by atoms with E-state index in [1.165, 1.54) is 0 Å². The lowest BCUT2D eigenvalue weighted by atomic mass is 9.43. The van der Waals surface area contributed by atoms with Crippen LogP contribution in [0.2, 0.25) is 0 Å². The number of ketones is 3. The lowest BCUT2D eigenvalue weighted by Gasteiger charge is -2.64. The minimum Gasteiger partial charge on any atom is -0.458 e. The topological polar surface area (TPSA) is 274 Å². The van der Waals surface area contributed by atoms with E-state index < -0.39 is 108 Å². The summed E-state index contributed by atoms with van der Waals surface area (Å²) in [5.41, 5.74) is -1.65. The summed E-state index contributed by atoms with van der Waals surface area (Å²) in [6, 6.07) is 0. The third-order valence-corrected chi connectivity index (χ3v) is 23.9. The predicted molar refractivity (Wildman–Crippen MR) is 285 cm³/mol. The molecule has 26 atom stereocenters. The fraction of sp³-hybridized carbons (Fsp3) is 0.839. The molecular formula is C62H90O18. The largest absolute Gasteiger partial charge is 0.458 e. The van der Waals surface area contributed by atoms with Crippen molar-refractivity contribution >= 4 is 23.3 Å². The number of esters is 1. The highest BCUT2D eigenvalue weighted by atomic mass is 16.7. The third kappa shape index (κ3) is 9.64. The van der Waals surface area contributed by atoms with Crippen LogP contribution >= 0.6 is 0 Å². The average Bonchev–Trinajstić information content (AvgIpc) is 3.59. The number of aliphatic hydroxyl groups is 7. The van der Waals surface area contributed by atoms with E-state index in [1.54, 1.807) is 32.1 Å². The second kappa shape index (κ2) is 21.6. The van der Waals surface area contributed by atoms with Crippen molar-refractivity contribution < 1.29 is 88.1 Å². The number of hydrogen-bond donors (Lipinski definition) is 7. The molecule has 4 aliphatic heterocycles. The van der Waals surface area contributed by atoms with Gasteiger partial charge in [-0.05, 0) is 163 Å². The van der Waals surface area contributed by atoms with Gasteiger partial charge in [-0.25, -0.2) is 4.79 Å². The molecule has 7 saturated carbocycles. The van der Waals surface area contributed by atoms with Crippen LogP contribution in [0.1, 0.15) is 158 Å². The minimum absolute atomic E-state index is 0.0206. The molecule has 10 fully saturated rings. The van der Waals surface area contributed by atoms with Gasteiger partial charge >= 0.3 is 5.97 Å². The fourth-order valence-corrected chi connectivity index (χ4v) is 19.4. The number of carbonyl (C=O) groups is 4. The molecule has 0 radical (unpaired) electrons. The van der Waals surface area contributed by atoms with Gasteiger partial charge in [0.05, 0.1) is 48.3 Å². The van der Waals surface area contributed by atoms with Crippen LogP contribution < -0.4 is 0 Å². The molecule has 0 amide bonds. The number of cyclic esters (lactones) is 1. The van der Waals surface area contributed by atoms with Crippen molar-refractivity contribution in [3.63, 3.8) is 0 Å². The molecule has 7 N–H and O–H groups in total. The number of aliphatic hydroxyl groups excluding tert-OH is 5. The predicted octanol–water partition coefficient (Wildman–Crippen LogP) is 5.01. The molecule has 0 aromatic carbocycles. The number of fused-ring (bicyclic) bond motifs is 10. The highest BCUT2D eigenvalue weighted by molar-refractivity contribution is 6.02. The molecule has 0 spiro atoms. The summed E-state index contributed by atoms with van der Waals surface area (Å²) in [4.78, 5) is 49.3. The van der Waals surface area contributed by atoms with Crippen molar-refractivity contribution in [3.05, 3.63) is 35.5 Å². The summed E-state index contributed by atoms with van der Waals surface area (Å²) in [6.07, 6.45) is 9.73. The number of ether oxygens (including phenoxy) is 7. The molecule has 0 unspecified atom stereocenters. The second-order valence-electron chi connectivity index (χ2n) is 27.8. The van der Waals surface area contributed by atoms with Crippen LogP contribution in [0.5, 0.6) is 0 Å². The van der Waals surface area contributed by atoms with Gasteiger partial charge in [-0.15, -0.1) is 0 Å². The zero-order valence-electron chi connectivity index (χ0n) is 47.9. The van der Waals surface area contributed by atoms with Gasteiger partial charge in [-0.2, -0.15) is 0 Å². The highest BCUT2D eigenvalue weighted by Gasteiger charge is 2.70. The Morgan fingerprint density at radius 1 is 0.675 bits per heavy atom. The second-order valence-corrected chi connectivity index (χ2v) is 27.8. The Bertz CT molecular complexity index is 2460. The van der Waals surface area contributed by atoms with E-state index in [0.29, 0.717) is 31.3 Å². The molecule has 80 heavy (non-hydrogen) atoms. The van der Waals surface area contributed by atoms with Crippen LogP contribution in [-0.4, -0.2) is 163 Å². The van der Waals surface area contributed by atoms with E-state index in [0.717, 1.165) is 81.8 Å². The number of allylic oxidation sites excluding steroid dienone is 4. The Hall–Kier alpha value is -2.82. The first-order valence-electron chi connectivity index (χ1n) is 30.3. The van der Waals surface area contributed by atoms with Crippen LogP contribution in [0.15, 0.2) is 35.5 Å². The first-order valence-corrected chi connectivity index (χ1v) is 30.3. The van der Waals surface area contributed by atoms with E-state index in [-0.39, 0.29) is 89.7 Å². The molecule has 12 aliphatic rings. The van der Waals surface area contributed by atoms with E-state index >= 15 is 0 Å². The Kier molecular flexibility index (Phi) is 15.9. The smallest absolute Gasteiger partial charge is 0.331 e. The van der Waals surface area contributed by atoms with E-state index in [1.807, 2.05) is 26.8 Å². The van der Waals surface area contributed by atoms with Crippen LogP contribution in [0.3, 0.4) is 0 Å². The number of rotatable bonds is 9. The summed E-state index contributed by atoms with van der Waals surface area (Å²) >= 11 is 0. The molecule has 3 saturated heterocycles. The van der Waals surface area contributed by atoms with Gasteiger partial charge in [0, 0.05) is 53.9 Å². The molecular weight excluding hydrogens is 1030 g/mol. The van der Waals surface area contributed by atoms with Crippen LogP contribution in [0.25, 0.3) is 0 Å². The van der Waals surface area contributed by atoms with Gasteiger partial charge in [0.1, 0.15) is 42.9 Å². The van der Waals surface area contributed by atoms with Crippen molar-refractivity contribution in [1.82, 2.24) is 0 Å². The van der Waals surface area contributed by atoms with Crippen LogP contribution in [0.4, 0.5) is 0 Å². The monoisotopic (exact) mass is 1120 g/mol. The van der Waals surface area contributed by atoms with E-state index in [4.69, 9.17) is 33.2 Å². The zero-order chi connectivity index (χ0) is 57.2. The molecule has 0 aromatic heterocycles. The Labute approximate surface area is 470 Å². The maximum Gasteiger partial charge on any atom is 0.331 e. The van der Waals surface area contributed by atoms with Crippen molar-refractivity contribution in [3.8, 4) is 0 Å². The van der Waals surface area contributed by atoms with Crippen LogP contribution in [0, 0.1) is 63.1 Å². The Balaban J connectivity index is 0.000000216. The average molecular weight is 1120 g/mol. The first kappa shape index (κ1) is 58.9. The summed E-state index contributed by atoms with van der Waals surface area (Å²) in [6.45, 7) is 13.6. The number of carbonyl (C=O) groups excluding carboxylic acids is 4. The molecule has 0 aromatic rings. The van der Waals surface area contributed by atoms with Gasteiger partial charge in [-0.1, -0.05) is 39.3 Å². The van der Waals surface area contributed by atoms with Gasteiger partial charge in [0.15, 0.2) is 30.4 Å². The Morgan fingerprint density at radius 2 is 1.31 bits per heavy atom. The van der Waals surface area contributed by atoms with Gasteiger partial charge in [-0.3, -0.25) is 14.4 Å². The standard InChI is InChI=1S/C41H64O13.C21H26O5/c1-20-36(46)29(42)16-34(49-20)53-38-22(3)51-35(18-31(38)44)54-37-21(2)50-33(17-30(37)43)52-25-8-11-39(4)24(15-25)6-7-28-27(39)9-12-40(5)26(10-13-41(28,40)47)23-14-32(45)48-19-23;1-19-7-5-13(23)9-12(19)3-4-14-15-6-8-21(26,17(25)11-22)20(15,2)10-16(24)18(14)19/h14,20-22,24-31,33-38,42-44,46-47H,6-13,15-19H2,1-5H3;5,7,9,14-15,18,22,26H,3-4,6,8,10-11H2,1-2H3/t20-,21-,22-,24-,25+,26-,27+,28-,29+,30+,31+,33+,34+,35+,36-,37-,38-,39+,40-,41+;14-,15-,18+,19-,20-,21-/m10/s1. The first-order chi connectivity index (χ1) is 37.8. The van der Waals surface area contributed by atoms with Crippen molar-refractivity contribution in [2.75, 3.05) is 13.2 Å². The van der Waals surface area contributed by atoms with E-state index in [2.05, 4.69) is 13.8 Å². The quantitative estimate of drug-likeness (QED) is 0.118. The Morgan fingerprint density at radius 3 is 1.94 bits per heavy atom. The minimum atomic E-state index is -1.62. The summed E-state index contributed by atoms with van der Waals surface area (Å²) in [7, 11) is 0. The van der Waals surface area contributed by atoms with E-state index in [9.17, 15) is 54.9 Å². The van der Waals surface area contributed by atoms with Crippen LogP contribution in [-0.2, 0) is 52.3 Å². The number of Topliss-reactive ketones (excluding diaryl/α,β-unsaturated/α-hetero) is 2. The SMILES string of the molecule is C[C@H]1O[C@@H](O[C@H]2[C@@H](O)C[C@H](O[C@H]3[C@@H](O)C[C@H](O[C@H]4CC[C@@]5(C)[C@H](CC[C@@H]6[C@@H]5CC[C@]5(C)[C@@H](C7=CC(=O)OC7)CC[C@]65O)C4)O[C@@H]3C)O[C@@H]2C)C[C@H](O)[C@@H]1O.C[C@]12C=CC(=O)C=C1CC[C@@H]1[C@@H]2C(=O)C[C@@]2(C)[C@H]1CC[C@]2(O)C(=O)CO. The van der Waals surface area contributed by atoms with Gasteiger partial charge < -0.3 is 68.9 Å². The maximum atomic E-state index is 13.3. The summed E-state index contributed by atoms with van der Waals surface area (Å²) in [5, 5.41) is 75.4. The molecule has 0 bridgehead atoms. The molecule has 18 heteroatoms. The zero-order valence-corrected chi connectivity index (χ0v) is 47.9. The maximum absolute atomic E-state index is 13.3. The molecule has 18 nitrogen and oxygen atoms in total. The van der Waals surface area contributed by atoms with Crippen molar-refractivity contribution in [2.24, 2.45) is 63.1 Å². The normalized spacial score (nSPS) is 52.4. The number of hydrogen-bond acceptors (Lipinski definition) is 18. The third-order valence-electron chi connectivity index (χ3n) is 23.9. The van der Waals surface area contributed by atoms with Gasteiger partial charge in [0.25, 0.3) is 0 Å². The van der Waals surface area contributed by atoms with Crippen molar-refractivity contribution in [1.29, 1.82) is 0 Å². The van der Waals surface area contributed by atoms with Gasteiger partial charge in [0.2, 0.25) is 0 Å².